The van der Waals surface area contributed by atoms with E-state index in [1.54, 1.807) is 24.3 Å². The van der Waals surface area contributed by atoms with E-state index < -0.39 is 17.8 Å². The van der Waals surface area contributed by atoms with Crippen molar-refractivity contribution in [2.75, 3.05) is 18.4 Å². The van der Waals surface area contributed by atoms with Crippen LogP contribution in [0.2, 0.25) is 0 Å². The molecule has 1 saturated heterocycles. The molecular weight excluding hydrogens is 344 g/mol. The van der Waals surface area contributed by atoms with Gasteiger partial charge in [0.1, 0.15) is 0 Å². The smallest absolute Gasteiger partial charge is 0.307 e. The van der Waals surface area contributed by atoms with Crippen molar-refractivity contribution in [2.24, 2.45) is 23.7 Å². The predicted octanol–water partition coefficient (Wildman–Crippen LogP) is 2.77. The summed E-state index contributed by atoms with van der Waals surface area (Å²) in [6.07, 6.45) is 7.81. The fraction of sp³-hybridized carbons (Fsp3) is 0.476. The number of carboxylic acid groups (broad SMARTS) is 1. The Morgan fingerprint density at radius 1 is 1.00 bits per heavy atom. The summed E-state index contributed by atoms with van der Waals surface area (Å²) in [7, 11) is 0. The Morgan fingerprint density at radius 3 is 2.41 bits per heavy atom. The maximum atomic E-state index is 12.8. The minimum absolute atomic E-state index is 0.0166. The predicted molar refractivity (Wildman–Crippen MR) is 100 cm³/mol. The molecule has 2 bridgehead atoms. The SMILES string of the molecule is O=C(O)[C@@H]1[C@H](C(=O)Nc2cccc(C(=O)N3CCCCC3)c2)[C@@H]2C=C[C@H]1C2. The van der Waals surface area contributed by atoms with Gasteiger partial charge in [-0.1, -0.05) is 18.2 Å². The van der Waals surface area contributed by atoms with Gasteiger partial charge < -0.3 is 15.3 Å². The van der Waals surface area contributed by atoms with Crippen LogP contribution in [0.3, 0.4) is 0 Å². The van der Waals surface area contributed by atoms with E-state index >= 15 is 0 Å². The lowest BCUT2D eigenvalue weighted by Gasteiger charge is -2.27. The lowest BCUT2D eigenvalue weighted by molar-refractivity contribution is -0.146. The zero-order chi connectivity index (χ0) is 19.0. The van der Waals surface area contributed by atoms with Crippen molar-refractivity contribution >= 4 is 23.5 Å². The maximum Gasteiger partial charge on any atom is 0.307 e. The first-order chi connectivity index (χ1) is 13.0. The number of hydrogen-bond acceptors (Lipinski definition) is 3. The first-order valence-corrected chi connectivity index (χ1v) is 9.66. The molecule has 4 rings (SSSR count). The average Bonchev–Trinajstić information content (AvgIpc) is 3.30. The highest BCUT2D eigenvalue weighted by Gasteiger charge is 2.51. The van der Waals surface area contributed by atoms with Gasteiger partial charge in [-0.25, -0.2) is 0 Å². The zero-order valence-corrected chi connectivity index (χ0v) is 15.1. The Labute approximate surface area is 158 Å². The number of benzene rings is 1. The summed E-state index contributed by atoms with van der Waals surface area (Å²) in [5.41, 5.74) is 1.09. The first-order valence-electron chi connectivity index (χ1n) is 9.66. The number of aliphatic carboxylic acids is 1. The molecule has 1 aromatic rings. The number of allylic oxidation sites excluding steroid dienone is 2. The molecule has 2 amide bonds. The van der Waals surface area contributed by atoms with Crippen LogP contribution in [0.5, 0.6) is 0 Å². The van der Waals surface area contributed by atoms with Gasteiger partial charge in [0.25, 0.3) is 5.91 Å². The number of carbonyl (C=O) groups excluding carboxylic acids is 2. The highest BCUT2D eigenvalue weighted by atomic mass is 16.4. The van der Waals surface area contributed by atoms with Crippen molar-refractivity contribution < 1.29 is 19.5 Å². The fourth-order valence-corrected chi connectivity index (χ4v) is 4.75. The van der Waals surface area contributed by atoms with Gasteiger partial charge in [0, 0.05) is 24.3 Å². The van der Waals surface area contributed by atoms with Gasteiger partial charge in [-0.05, 0) is 55.7 Å². The molecule has 1 heterocycles. The molecule has 0 aromatic heterocycles. The molecule has 6 nitrogen and oxygen atoms in total. The molecule has 1 aromatic carbocycles. The summed E-state index contributed by atoms with van der Waals surface area (Å²) in [4.78, 5) is 38.9. The van der Waals surface area contributed by atoms with Crippen molar-refractivity contribution in [3.63, 3.8) is 0 Å². The van der Waals surface area contributed by atoms with Crippen LogP contribution in [0.15, 0.2) is 36.4 Å². The summed E-state index contributed by atoms with van der Waals surface area (Å²) in [6.45, 7) is 1.54. The van der Waals surface area contributed by atoms with Crippen molar-refractivity contribution in [3.8, 4) is 0 Å². The van der Waals surface area contributed by atoms with E-state index in [0.717, 1.165) is 38.8 Å². The van der Waals surface area contributed by atoms with Crippen LogP contribution in [0, 0.1) is 23.7 Å². The molecule has 4 atom stereocenters. The number of carbonyl (C=O) groups is 3. The van der Waals surface area contributed by atoms with E-state index in [1.807, 2.05) is 17.1 Å². The van der Waals surface area contributed by atoms with Gasteiger partial charge in [0.2, 0.25) is 5.91 Å². The minimum atomic E-state index is -0.916. The Morgan fingerprint density at radius 2 is 1.70 bits per heavy atom. The number of fused-ring (bicyclic) bond motifs is 2. The van der Waals surface area contributed by atoms with E-state index in [9.17, 15) is 19.5 Å². The second-order valence-electron chi connectivity index (χ2n) is 7.76. The van der Waals surface area contributed by atoms with Gasteiger partial charge in [0.05, 0.1) is 11.8 Å². The monoisotopic (exact) mass is 368 g/mol. The molecule has 2 aliphatic carbocycles. The van der Waals surface area contributed by atoms with E-state index in [4.69, 9.17) is 0 Å². The van der Waals surface area contributed by atoms with E-state index in [1.165, 1.54) is 0 Å². The number of piperidine rings is 1. The normalized spacial score (nSPS) is 29.0. The molecular formula is C21H24N2O4. The third-order valence-corrected chi connectivity index (χ3v) is 6.07. The summed E-state index contributed by atoms with van der Waals surface area (Å²) in [6, 6.07) is 6.94. The van der Waals surface area contributed by atoms with E-state index in [-0.39, 0.29) is 23.7 Å². The van der Waals surface area contributed by atoms with Crippen molar-refractivity contribution in [3.05, 3.63) is 42.0 Å². The third-order valence-electron chi connectivity index (χ3n) is 6.07. The summed E-state index contributed by atoms with van der Waals surface area (Å²) >= 11 is 0. The number of nitrogens with one attached hydrogen (secondary N) is 1. The number of carboxylic acids is 1. The number of amides is 2. The van der Waals surface area contributed by atoms with Crippen LogP contribution >= 0.6 is 0 Å². The van der Waals surface area contributed by atoms with Crippen molar-refractivity contribution in [1.82, 2.24) is 4.90 Å². The number of nitrogens with zero attached hydrogens (tertiary/aromatic N) is 1. The molecule has 142 valence electrons. The highest BCUT2D eigenvalue weighted by molar-refractivity contribution is 5.99. The van der Waals surface area contributed by atoms with Gasteiger partial charge >= 0.3 is 5.97 Å². The topological polar surface area (TPSA) is 86.7 Å². The number of likely N-dealkylation sites (tertiary alicyclic amines) is 1. The van der Waals surface area contributed by atoms with Gasteiger partial charge in [-0.15, -0.1) is 0 Å². The summed E-state index contributed by atoms with van der Waals surface area (Å²) < 4.78 is 0. The molecule has 0 radical (unpaired) electrons. The number of anilines is 1. The maximum absolute atomic E-state index is 12.8. The molecule has 1 saturated carbocycles. The molecule has 3 aliphatic rings. The Hall–Kier alpha value is -2.63. The lowest BCUT2D eigenvalue weighted by atomic mass is 9.82. The van der Waals surface area contributed by atoms with Crippen LogP contribution in [-0.4, -0.2) is 40.9 Å². The molecule has 1 aliphatic heterocycles. The van der Waals surface area contributed by atoms with Crippen LogP contribution in [0.1, 0.15) is 36.0 Å². The van der Waals surface area contributed by atoms with Gasteiger partial charge in [-0.2, -0.15) is 0 Å². The van der Waals surface area contributed by atoms with Crippen LogP contribution in [0.25, 0.3) is 0 Å². The fourth-order valence-electron chi connectivity index (χ4n) is 4.75. The lowest BCUT2D eigenvalue weighted by Crippen LogP contribution is -2.36. The standard InChI is InChI=1S/C21H24N2O4/c24-19(17-13-7-8-14(11-13)18(17)21(26)27)22-16-6-4-5-15(12-16)20(25)23-9-2-1-3-10-23/h4-8,12-14,17-18H,1-3,9-11H2,(H,22,24)(H,26,27)/t13-,14+,17-,18+/m1/s1. The largest absolute Gasteiger partial charge is 0.481 e. The highest BCUT2D eigenvalue weighted by Crippen LogP contribution is 2.48. The molecule has 2 N–H and O–H groups in total. The van der Waals surface area contributed by atoms with E-state index in [0.29, 0.717) is 11.3 Å². The number of hydrogen-bond donors (Lipinski definition) is 2. The van der Waals surface area contributed by atoms with Crippen LogP contribution < -0.4 is 5.32 Å². The summed E-state index contributed by atoms with van der Waals surface area (Å²) in [5.74, 6) is -2.51. The van der Waals surface area contributed by atoms with Crippen LogP contribution in [0.4, 0.5) is 5.69 Å². The quantitative estimate of drug-likeness (QED) is 0.800. The van der Waals surface area contributed by atoms with Crippen molar-refractivity contribution in [2.45, 2.75) is 25.7 Å². The van der Waals surface area contributed by atoms with Gasteiger partial charge in [0.15, 0.2) is 0 Å². The second-order valence-corrected chi connectivity index (χ2v) is 7.76. The Bertz CT molecular complexity index is 797. The summed E-state index contributed by atoms with van der Waals surface area (Å²) in [5, 5.41) is 12.4. The molecule has 27 heavy (non-hydrogen) atoms. The van der Waals surface area contributed by atoms with E-state index in [2.05, 4.69) is 5.32 Å². The minimum Gasteiger partial charge on any atom is -0.481 e. The molecule has 0 spiro atoms. The molecule has 6 heteroatoms. The van der Waals surface area contributed by atoms with Gasteiger partial charge in [-0.3, -0.25) is 14.4 Å². The average molecular weight is 368 g/mol. The van der Waals surface area contributed by atoms with Crippen molar-refractivity contribution in [1.29, 1.82) is 0 Å². The first kappa shape index (κ1) is 17.8. The molecule has 2 fully saturated rings. The third kappa shape index (κ3) is 3.36. The second kappa shape index (κ2) is 7.18. The molecule has 0 unspecified atom stereocenters. The Kier molecular flexibility index (Phi) is 4.72. The van der Waals surface area contributed by atoms with Crippen LogP contribution in [-0.2, 0) is 9.59 Å². The number of rotatable bonds is 4. The Balaban J connectivity index is 1.48. The zero-order valence-electron chi connectivity index (χ0n) is 15.1.